The van der Waals surface area contributed by atoms with Crippen LogP contribution in [0.25, 0.3) is 0 Å². The van der Waals surface area contributed by atoms with Crippen molar-refractivity contribution in [2.24, 2.45) is 5.41 Å². The van der Waals surface area contributed by atoms with E-state index in [-0.39, 0.29) is 23.6 Å². The predicted octanol–water partition coefficient (Wildman–Crippen LogP) is 2.45. The summed E-state index contributed by atoms with van der Waals surface area (Å²) in [5.41, 5.74) is -0.244. The molecule has 0 bridgehead atoms. The first kappa shape index (κ1) is 11.8. The second kappa shape index (κ2) is 3.67. The predicted molar refractivity (Wildman–Crippen MR) is 61.0 cm³/mol. The first-order valence-corrected chi connectivity index (χ1v) is 5.84. The van der Waals surface area contributed by atoms with Crippen LogP contribution in [0.1, 0.15) is 40.5 Å². The molecule has 0 N–H and O–H groups in total. The van der Waals surface area contributed by atoms with E-state index >= 15 is 0 Å². The van der Waals surface area contributed by atoms with Crippen molar-refractivity contribution in [3.8, 4) is 0 Å². The normalized spacial score (nSPS) is 38.9. The molecule has 3 heteroatoms. The van der Waals surface area contributed by atoms with Crippen LogP contribution in [0.4, 0.5) is 0 Å². The van der Waals surface area contributed by atoms with Gasteiger partial charge in [-0.25, -0.2) is 0 Å². The fraction of sp³-hybridized carbons (Fsp3) is 0.769. The van der Waals surface area contributed by atoms with E-state index in [4.69, 9.17) is 9.47 Å². The minimum atomic E-state index is -0.413. The van der Waals surface area contributed by atoms with Gasteiger partial charge in [-0.3, -0.25) is 4.79 Å². The fourth-order valence-electron chi connectivity index (χ4n) is 2.20. The second-order valence-electron chi connectivity index (χ2n) is 6.12. The highest BCUT2D eigenvalue weighted by Gasteiger charge is 2.47. The van der Waals surface area contributed by atoms with Gasteiger partial charge in [-0.05, 0) is 24.5 Å². The monoisotopic (exact) mass is 224 g/mol. The Morgan fingerprint density at radius 2 is 2.19 bits per heavy atom. The number of allylic oxidation sites excluding steroid dienone is 1. The lowest BCUT2D eigenvalue weighted by Gasteiger charge is -2.27. The minimum absolute atomic E-state index is 0.114. The van der Waals surface area contributed by atoms with Gasteiger partial charge >= 0.3 is 0 Å². The van der Waals surface area contributed by atoms with Crippen LogP contribution in [0.3, 0.4) is 0 Å². The Morgan fingerprint density at radius 3 is 2.81 bits per heavy atom. The topological polar surface area (TPSA) is 35.5 Å². The SMILES string of the molecule is CC(C)(C)C[C@@H]1O[C@H]2CC(=O)C=C[C@@]2(C)O1. The van der Waals surface area contributed by atoms with E-state index in [2.05, 4.69) is 20.8 Å². The third-order valence-corrected chi connectivity index (χ3v) is 3.11. The summed E-state index contributed by atoms with van der Waals surface area (Å²) < 4.78 is 11.7. The first-order chi connectivity index (χ1) is 7.28. The average Bonchev–Trinajstić information content (AvgIpc) is 2.38. The maximum atomic E-state index is 11.3. The molecule has 90 valence electrons. The second-order valence-corrected chi connectivity index (χ2v) is 6.12. The highest BCUT2D eigenvalue weighted by atomic mass is 16.7. The Labute approximate surface area is 96.8 Å². The van der Waals surface area contributed by atoms with Gasteiger partial charge in [-0.15, -0.1) is 0 Å². The number of ether oxygens (including phenoxy) is 2. The fourth-order valence-corrected chi connectivity index (χ4v) is 2.20. The molecule has 1 aliphatic carbocycles. The molecule has 0 spiro atoms. The molecule has 2 aliphatic rings. The molecule has 0 aromatic rings. The molecule has 1 heterocycles. The number of hydrogen-bond donors (Lipinski definition) is 0. The molecule has 3 atom stereocenters. The zero-order valence-electron chi connectivity index (χ0n) is 10.4. The van der Waals surface area contributed by atoms with Gasteiger partial charge in [-0.2, -0.15) is 0 Å². The molecule has 0 saturated carbocycles. The largest absolute Gasteiger partial charge is 0.346 e. The lowest BCUT2D eigenvalue weighted by atomic mass is 9.89. The van der Waals surface area contributed by atoms with Crippen LogP contribution >= 0.6 is 0 Å². The molecule has 1 fully saturated rings. The highest BCUT2D eigenvalue weighted by molar-refractivity contribution is 5.91. The lowest BCUT2D eigenvalue weighted by Crippen LogP contribution is -2.38. The molecule has 16 heavy (non-hydrogen) atoms. The summed E-state index contributed by atoms with van der Waals surface area (Å²) in [6.07, 6.45) is 4.43. The molecule has 2 rings (SSSR count). The average molecular weight is 224 g/mol. The van der Waals surface area contributed by atoms with Gasteiger partial charge in [-0.1, -0.05) is 20.8 Å². The van der Waals surface area contributed by atoms with Crippen LogP contribution in [0.2, 0.25) is 0 Å². The van der Waals surface area contributed by atoms with Gasteiger partial charge in [0, 0.05) is 12.8 Å². The maximum Gasteiger partial charge on any atom is 0.159 e. The van der Waals surface area contributed by atoms with E-state index in [9.17, 15) is 4.79 Å². The van der Waals surface area contributed by atoms with Crippen molar-refractivity contribution in [1.29, 1.82) is 0 Å². The molecule has 0 unspecified atom stereocenters. The molecular formula is C13H20O3. The molecule has 0 aromatic heterocycles. The molecular weight excluding hydrogens is 204 g/mol. The quantitative estimate of drug-likeness (QED) is 0.686. The van der Waals surface area contributed by atoms with Crippen molar-refractivity contribution in [1.82, 2.24) is 0 Å². The number of rotatable bonds is 1. The van der Waals surface area contributed by atoms with E-state index in [1.54, 1.807) is 6.08 Å². The van der Waals surface area contributed by atoms with Gasteiger partial charge < -0.3 is 9.47 Å². The van der Waals surface area contributed by atoms with Gasteiger partial charge in [0.1, 0.15) is 11.7 Å². The zero-order valence-corrected chi connectivity index (χ0v) is 10.4. The van der Waals surface area contributed by atoms with Crippen LogP contribution < -0.4 is 0 Å². The maximum absolute atomic E-state index is 11.3. The lowest BCUT2D eigenvalue weighted by molar-refractivity contribution is -0.118. The summed E-state index contributed by atoms with van der Waals surface area (Å²) in [6, 6.07) is 0. The molecule has 1 aliphatic heterocycles. The van der Waals surface area contributed by atoms with E-state index in [0.717, 1.165) is 6.42 Å². The summed E-state index contributed by atoms with van der Waals surface area (Å²) in [6.45, 7) is 8.46. The molecule has 0 radical (unpaired) electrons. The number of ketones is 1. The first-order valence-electron chi connectivity index (χ1n) is 5.84. The summed E-state index contributed by atoms with van der Waals surface area (Å²) in [5, 5.41) is 0. The summed E-state index contributed by atoms with van der Waals surface area (Å²) in [4.78, 5) is 11.3. The Kier molecular flexibility index (Phi) is 2.71. The smallest absolute Gasteiger partial charge is 0.159 e. The van der Waals surface area contributed by atoms with Gasteiger partial charge in [0.2, 0.25) is 0 Å². The molecule has 3 nitrogen and oxygen atoms in total. The van der Waals surface area contributed by atoms with Crippen LogP contribution in [0.15, 0.2) is 12.2 Å². The Bertz CT molecular complexity index is 327. The van der Waals surface area contributed by atoms with Crippen LogP contribution in [-0.4, -0.2) is 23.8 Å². The highest BCUT2D eigenvalue weighted by Crippen LogP contribution is 2.39. The third-order valence-electron chi connectivity index (χ3n) is 3.11. The Morgan fingerprint density at radius 1 is 1.50 bits per heavy atom. The van der Waals surface area contributed by atoms with Crippen LogP contribution in [-0.2, 0) is 14.3 Å². The van der Waals surface area contributed by atoms with Crippen molar-refractivity contribution in [2.75, 3.05) is 0 Å². The third kappa shape index (κ3) is 2.36. The molecule has 1 saturated heterocycles. The van der Waals surface area contributed by atoms with Crippen LogP contribution in [0.5, 0.6) is 0 Å². The van der Waals surface area contributed by atoms with Crippen molar-refractivity contribution in [3.63, 3.8) is 0 Å². The molecule has 0 aromatic carbocycles. The van der Waals surface area contributed by atoms with E-state index in [1.807, 2.05) is 13.0 Å². The van der Waals surface area contributed by atoms with Crippen molar-refractivity contribution < 1.29 is 14.3 Å². The van der Waals surface area contributed by atoms with Gasteiger partial charge in [0.25, 0.3) is 0 Å². The molecule has 0 amide bonds. The van der Waals surface area contributed by atoms with E-state index < -0.39 is 5.60 Å². The summed E-state index contributed by atoms with van der Waals surface area (Å²) >= 11 is 0. The van der Waals surface area contributed by atoms with Gasteiger partial charge in [0.15, 0.2) is 12.1 Å². The van der Waals surface area contributed by atoms with Crippen molar-refractivity contribution >= 4 is 5.78 Å². The summed E-state index contributed by atoms with van der Waals surface area (Å²) in [5.74, 6) is 0.127. The Hall–Kier alpha value is -0.670. The van der Waals surface area contributed by atoms with Crippen LogP contribution in [0, 0.1) is 5.41 Å². The van der Waals surface area contributed by atoms with Crippen molar-refractivity contribution in [2.45, 2.75) is 58.5 Å². The Balaban J connectivity index is 2.07. The number of hydrogen-bond acceptors (Lipinski definition) is 3. The number of carbonyl (C=O) groups excluding carboxylic acids is 1. The van der Waals surface area contributed by atoms with Gasteiger partial charge in [0.05, 0.1) is 0 Å². The summed E-state index contributed by atoms with van der Waals surface area (Å²) in [7, 11) is 0. The minimum Gasteiger partial charge on any atom is -0.346 e. The standard InChI is InChI=1S/C13H20O3/c1-12(2,3)8-11-15-10-7-9(14)5-6-13(10,4)16-11/h5-6,10-11H,7-8H2,1-4H3/t10-,11+,13+/m0/s1. The number of carbonyl (C=O) groups is 1. The van der Waals surface area contributed by atoms with E-state index in [1.165, 1.54) is 0 Å². The van der Waals surface area contributed by atoms with E-state index in [0.29, 0.717) is 6.42 Å². The number of fused-ring (bicyclic) bond motifs is 1. The van der Waals surface area contributed by atoms with Crippen molar-refractivity contribution in [3.05, 3.63) is 12.2 Å². The zero-order chi connectivity index (χ0) is 12.0.